The fourth-order valence-electron chi connectivity index (χ4n) is 19.9. The minimum Gasteiger partial charge on any atom is -0.385 e. The highest BCUT2D eigenvalue weighted by atomic mass is 32.2. The molecule has 0 spiro atoms. The molecule has 8 atom stereocenters. The van der Waals surface area contributed by atoms with Gasteiger partial charge in [-0.05, 0) is 223 Å². The van der Waals surface area contributed by atoms with Crippen LogP contribution in [0.3, 0.4) is 0 Å². The standard InChI is InChI=1S/C25H35N3O3S.2C24H33N3O4S.C24H33N3O3S/c1-19-12-14-26-25(16-19)28-15-13-24(27-32(2,29)30)22(17-28)18-31-23-10-8-21(9-11-23)20-6-4-3-5-7-20;1-32(29,30)26-22-12-16-27(23-9-5-6-15-25-23)17-19(22)18-31-21-10-13-24(28,14-11-21)20-7-3-2-4-8-20;1-32(29,30)26-22-14-15-27(23-8-5-9-24(28)25-23)16-20(22)17-31-21-12-10-19(11-13-21)18-6-3-2-4-7-18;1-31(28,29)26-23-14-16-27(24-9-5-6-15-25-24)17-21(23)18-30-22-12-10-20(11-13-22)19-7-3-2-4-8-19/h3-7,12,14,16,21-24,27H,8-11,13,15,17-18H2,1-2H3;2-9,15,19,21-22,26,28H,10-14,16-18H2,1H3;2-9,19-22,26H,10-17H2,1H3,(H,25,28);2-9,15,20-23,26H,10-14,16-18H2,1H3/t21?,22?,23?,24-;19?,21?,22-,24?;19?,20?,21?,22-;20?,21?,22?,23-/m0000/s1. The number of anilines is 4. The lowest BCUT2D eigenvalue weighted by atomic mass is 9.78. The van der Waals surface area contributed by atoms with Crippen LogP contribution in [-0.4, -0.2) is 211 Å². The largest absolute Gasteiger partial charge is 0.385 e. The van der Waals surface area contributed by atoms with Crippen LogP contribution in [0.2, 0.25) is 0 Å². The van der Waals surface area contributed by atoms with Gasteiger partial charge in [0.05, 0.1) is 81.5 Å². The van der Waals surface area contributed by atoms with Gasteiger partial charge in [0.25, 0.3) is 0 Å². The number of benzene rings is 4. The van der Waals surface area contributed by atoms with Gasteiger partial charge in [0.2, 0.25) is 45.7 Å². The Kier molecular flexibility index (Phi) is 35.0. The highest BCUT2D eigenvalue weighted by Crippen LogP contribution is 2.41. The third-order valence-electron chi connectivity index (χ3n) is 26.8. The van der Waals surface area contributed by atoms with E-state index in [2.05, 4.69) is 162 Å². The van der Waals surface area contributed by atoms with E-state index in [1.165, 1.54) is 53.3 Å². The van der Waals surface area contributed by atoms with Crippen molar-refractivity contribution in [3.05, 3.63) is 245 Å². The van der Waals surface area contributed by atoms with E-state index in [0.29, 0.717) is 89.5 Å². The summed E-state index contributed by atoms with van der Waals surface area (Å²) in [7, 11) is -13.1. The SMILES string of the molecule is CS(=O)(=O)N[C@H]1CCN(c2cccc(=O)[nH]2)CC1COC1CCC(c2ccccc2)CC1.CS(=O)(=O)N[C@H]1CCN(c2ccccn2)CC1COC1CCC(O)(c2ccccc2)CC1.CS(=O)(=O)N[C@H]1CCN(c2ccccn2)CC1COC1CCC(c2ccccc2)CC1.Cc1ccnc(N2CC[C@H](NS(C)(=O)=O)C(COC3CCC(c4ccccc4)CC3)C2)c1. The van der Waals surface area contributed by atoms with E-state index in [-0.39, 0.29) is 77.8 Å². The van der Waals surface area contributed by atoms with Crippen LogP contribution < -0.4 is 44.0 Å². The van der Waals surface area contributed by atoms with Crippen molar-refractivity contribution in [2.45, 2.75) is 207 Å². The molecule has 4 aliphatic carbocycles. The molecule has 4 saturated heterocycles. The molecule has 26 nitrogen and oxygen atoms in total. The van der Waals surface area contributed by atoms with E-state index >= 15 is 0 Å². The summed E-state index contributed by atoms with van der Waals surface area (Å²) in [5, 5.41) is 11.1. The van der Waals surface area contributed by atoms with E-state index in [1.54, 1.807) is 18.5 Å². The number of hydrogen-bond donors (Lipinski definition) is 6. The van der Waals surface area contributed by atoms with Gasteiger partial charge in [0, 0.05) is 125 Å². The molecular formula is C97H134N12O14S4. The number of nitrogens with one attached hydrogen (secondary N) is 5. The summed E-state index contributed by atoms with van der Waals surface area (Å²) in [5.74, 6) is 5.61. The number of ether oxygens (including phenoxy) is 4. The van der Waals surface area contributed by atoms with Crippen LogP contribution in [0, 0.1) is 30.6 Å². The lowest BCUT2D eigenvalue weighted by Gasteiger charge is -2.41. The Morgan fingerprint density at radius 2 is 0.677 bits per heavy atom. The van der Waals surface area contributed by atoms with Crippen LogP contribution in [0.4, 0.5) is 23.3 Å². The molecule has 127 heavy (non-hydrogen) atoms. The Bertz CT molecular complexity index is 5180. The molecule has 8 fully saturated rings. The number of aryl methyl sites for hydroxylation is 1. The van der Waals surface area contributed by atoms with Crippen LogP contribution >= 0.6 is 0 Å². The van der Waals surface area contributed by atoms with Crippen LogP contribution in [0.15, 0.2) is 211 Å². The number of H-pyrrole nitrogens is 1. The number of hydrogen-bond acceptors (Lipinski definition) is 21. The summed E-state index contributed by atoms with van der Waals surface area (Å²) < 4.78 is 132. The number of aromatic nitrogens is 4. The molecule has 8 heterocycles. The summed E-state index contributed by atoms with van der Waals surface area (Å²) >= 11 is 0. The average molecular weight is 1820 g/mol. The molecular weight excluding hydrogens is 1690 g/mol. The maximum Gasteiger partial charge on any atom is 0.249 e. The Balaban J connectivity index is 0.000000145. The highest BCUT2D eigenvalue weighted by Gasteiger charge is 2.41. The fourth-order valence-corrected chi connectivity index (χ4v) is 23.4. The summed E-state index contributed by atoms with van der Waals surface area (Å²) in [6.07, 6.45) is 29.9. The van der Waals surface area contributed by atoms with E-state index in [0.717, 1.165) is 164 Å². The zero-order chi connectivity index (χ0) is 89.4. The number of nitrogens with zero attached hydrogens (tertiary/aromatic N) is 7. The molecule has 6 N–H and O–H groups in total. The quantitative estimate of drug-likeness (QED) is 0.0265. The van der Waals surface area contributed by atoms with E-state index in [1.807, 2.05) is 85.1 Å². The zero-order valence-corrected chi connectivity index (χ0v) is 77.7. The normalized spacial score (nSPS) is 27.4. The number of rotatable bonds is 28. The van der Waals surface area contributed by atoms with Gasteiger partial charge in [-0.3, -0.25) is 4.79 Å². The molecule has 30 heteroatoms. The number of pyridine rings is 4. The van der Waals surface area contributed by atoms with Crippen molar-refractivity contribution in [3.8, 4) is 0 Å². The summed E-state index contributed by atoms with van der Waals surface area (Å²) in [4.78, 5) is 36.9. The molecule has 690 valence electrons. The maximum absolute atomic E-state index is 11.9. The van der Waals surface area contributed by atoms with Crippen molar-refractivity contribution < 1.29 is 57.7 Å². The van der Waals surface area contributed by atoms with Gasteiger partial charge in [-0.25, -0.2) is 67.5 Å². The first-order chi connectivity index (χ1) is 61.0. The van der Waals surface area contributed by atoms with Crippen molar-refractivity contribution in [1.29, 1.82) is 0 Å². The van der Waals surface area contributed by atoms with Crippen molar-refractivity contribution in [1.82, 2.24) is 38.8 Å². The molecule has 4 unspecified atom stereocenters. The average Bonchev–Trinajstić information content (AvgIpc) is 0.813. The predicted octanol–water partition coefficient (Wildman–Crippen LogP) is 13.0. The first-order valence-corrected chi connectivity index (χ1v) is 53.3. The van der Waals surface area contributed by atoms with Crippen LogP contribution in [-0.2, 0) is 64.6 Å². The maximum atomic E-state index is 11.9. The molecule has 4 aromatic heterocycles. The Morgan fingerprint density at radius 1 is 0.362 bits per heavy atom. The lowest BCUT2D eigenvalue weighted by Crippen LogP contribution is -2.53. The van der Waals surface area contributed by atoms with E-state index in [4.69, 9.17) is 18.9 Å². The second-order valence-electron chi connectivity index (χ2n) is 36.5. The van der Waals surface area contributed by atoms with Gasteiger partial charge in [0.1, 0.15) is 23.3 Å². The molecule has 0 bridgehead atoms. The number of piperidine rings is 4. The van der Waals surface area contributed by atoms with Gasteiger partial charge in [-0.1, -0.05) is 140 Å². The molecule has 0 radical (unpaired) electrons. The minimum absolute atomic E-state index is 0.00836. The fraction of sp³-hybridized carbons (Fsp3) is 0.546. The van der Waals surface area contributed by atoms with E-state index < -0.39 is 45.7 Å². The first kappa shape index (κ1) is 96.5. The number of sulfonamides is 4. The van der Waals surface area contributed by atoms with Crippen LogP contribution in [0.5, 0.6) is 0 Å². The van der Waals surface area contributed by atoms with Crippen molar-refractivity contribution in [2.24, 2.45) is 23.7 Å². The second-order valence-corrected chi connectivity index (χ2v) is 43.6. The summed E-state index contributed by atoms with van der Waals surface area (Å²) in [6.45, 7) is 9.95. The van der Waals surface area contributed by atoms with Crippen LogP contribution in [0.1, 0.15) is 174 Å². The van der Waals surface area contributed by atoms with Crippen molar-refractivity contribution in [3.63, 3.8) is 0 Å². The van der Waals surface area contributed by atoms with Gasteiger partial charge in [-0.15, -0.1) is 0 Å². The van der Waals surface area contributed by atoms with Gasteiger partial charge >= 0.3 is 0 Å². The topological polar surface area (TPSA) is 326 Å². The van der Waals surface area contributed by atoms with Crippen molar-refractivity contribution in [2.75, 3.05) is 123 Å². The molecule has 4 saturated carbocycles. The van der Waals surface area contributed by atoms with Crippen molar-refractivity contribution >= 4 is 63.4 Å². The minimum atomic E-state index is -3.31. The molecule has 8 aliphatic rings. The molecule has 8 aromatic rings. The number of aromatic amines is 1. The monoisotopic (exact) mass is 1820 g/mol. The summed E-state index contributed by atoms with van der Waals surface area (Å²) in [6, 6.07) is 62.4. The third kappa shape index (κ3) is 30.5. The molecule has 0 amide bonds. The summed E-state index contributed by atoms with van der Waals surface area (Å²) in [5.41, 5.74) is 5.48. The number of aliphatic hydroxyl groups is 1. The third-order valence-corrected chi connectivity index (χ3v) is 29.7. The molecule has 4 aliphatic heterocycles. The van der Waals surface area contributed by atoms with Gasteiger partial charge in [0.15, 0.2) is 0 Å². The zero-order valence-electron chi connectivity index (χ0n) is 74.4. The Morgan fingerprint density at radius 3 is 1.01 bits per heavy atom. The van der Waals surface area contributed by atoms with Gasteiger partial charge < -0.3 is 48.6 Å². The Labute approximate surface area is 754 Å². The van der Waals surface area contributed by atoms with Crippen LogP contribution in [0.25, 0.3) is 0 Å². The van der Waals surface area contributed by atoms with E-state index in [9.17, 15) is 43.6 Å². The second kappa shape index (κ2) is 46.1. The van der Waals surface area contributed by atoms with Gasteiger partial charge in [-0.2, -0.15) is 0 Å². The lowest BCUT2D eigenvalue weighted by molar-refractivity contribution is -0.0677. The predicted molar refractivity (Wildman–Crippen MR) is 504 cm³/mol. The Hall–Kier alpha value is -8.08. The first-order valence-electron chi connectivity index (χ1n) is 45.8. The highest BCUT2D eigenvalue weighted by molar-refractivity contribution is 7.89. The molecule has 4 aromatic carbocycles. The smallest absolute Gasteiger partial charge is 0.249 e. The molecule has 16 rings (SSSR count).